The number of nitrogens with one attached hydrogen (secondary N) is 1. The summed E-state index contributed by atoms with van der Waals surface area (Å²) >= 11 is 1.34. The van der Waals surface area contributed by atoms with Crippen LogP contribution < -0.4 is 10.1 Å². The van der Waals surface area contributed by atoms with Crippen LogP contribution in [-0.2, 0) is 6.42 Å². The fourth-order valence-electron chi connectivity index (χ4n) is 3.11. The number of benzene rings is 2. The molecule has 0 atom stereocenters. The van der Waals surface area contributed by atoms with Gasteiger partial charge < -0.3 is 10.1 Å². The van der Waals surface area contributed by atoms with E-state index in [0.717, 1.165) is 16.0 Å². The molecule has 5 nitrogen and oxygen atoms in total. The molecule has 0 aliphatic carbocycles. The number of halogens is 1. The first-order chi connectivity index (χ1) is 14.0. The van der Waals surface area contributed by atoms with Crippen molar-refractivity contribution >= 4 is 33.8 Å². The van der Waals surface area contributed by atoms with Crippen LogP contribution in [0.2, 0.25) is 0 Å². The number of pyridine rings is 1. The van der Waals surface area contributed by atoms with Gasteiger partial charge >= 0.3 is 0 Å². The summed E-state index contributed by atoms with van der Waals surface area (Å²) in [5.41, 5.74) is 2.96. The molecule has 146 valence electrons. The number of nitrogens with zero attached hydrogens (tertiary/aromatic N) is 2. The molecule has 1 amide bonds. The van der Waals surface area contributed by atoms with Crippen molar-refractivity contribution in [2.75, 3.05) is 12.4 Å². The smallest absolute Gasteiger partial charge is 0.267 e. The van der Waals surface area contributed by atoms with E-state index in [4.69, 9.17) is 4.74 Å². The first-order valence-electron chi connectivity index (χ1n) is 8.99. The molecule has 0 bridgehead atoms. The molecule has 0 saturated carbocycles. The number of rotatable bonds is 5. The van der Waals surface area contributed by atoms with Crippen LogP contribution >= 0.6 is 11.3 Å². The van der Waals surface area contributed by atoms with Crippen molar-refractivity contribution in [2.24, 2.45) is 0 Å². The first kappa shape index (κ1) is 19.0. The molecule has 29 heavy (non-hydrogen) atoms. The van der Waals surface area contributed by atoms with Gasteiger partial charge in [-0.3, -0.25) is 9.78 Å². The second-order valence-corrected chi connectivity index (χ2v) is 7.58. The zero-order valence-corrected chi connectivity index (χ0v) is 16.7. The third-order valence-electron chi connectivity index (χ3n) is 4.52. The maximum Gasteiger partial charge on any atom is 0.267 e. The van der Waals surface area contributed by atoms with Crippen molar-refractivity contribution in [3.8, 4) is 5.75 Å². The van der Waals surface area contributed by atoms with Gasteiger partial charge in [0.05, 0.1) is 23.5 Å². The van der Waals surface area contributed by atoms with Crippen LogP contribution in [0.5, 0.6) is 5.75 Å². The summed E-state index contributed by atoms with van der Waals surface area (Å²) in [5, 5.41) is 4.57. The van der Waals surface area contributed by atoms with Gasteiger partial charge in [0.15, 0.2) is 0 Å². The van der Waals surface area contributed by atoms with Crippen molar-refractivity contribution in [2.45, 2.75) is 13.3 Å². The summed E-state index contributed by atoms with van der Waals surface area (Å²) in [6.45, 7) is 1.81. The summed E-state index contributed by atoms with van der Waals surface area (Å²) in [6.07, 6.45) is 2.24. The third kappa shape index (κ3) is 3.95. The normalized spacial score (nSPS) is 10.9. The minimum absolute atomic E-state index is 0.222. The number of methoxy groups -OCH3 is 1. The molecular weight excluding hydrogens is 389 g/mol. The Morgan fingerprint density at radius 1 is 1.17 bits per heavy atom. The van der Waals surface area contributed by atoms with E-state index in [2.05, 4.69) is 15.3 Å². The molecule has 0 saturated heterocycles. The molecular formula is C22H18FN3O2S. The van der Waals surface area contributed by atoms with Crippen LogP contribution in [0.15, 0.2) is 54.7 Å². The van der Waals surface area contributed by atoms with Crippen LogP contribution in [0.4, 0.5) is 10.1 Å². The average molecular weight is 407 g/mol. The maximum atomic E-state index is 13.1. The van der Waals surface area contributed by atoms with Crippen molar-refractivity contribution in [1.82, 2.24) is 9.97 Å². The molecule has 0 aliphatic heterocycles. The lowest BCUT2D eigenvalue weighted by Gasteiger charge is -2.10. The number of hydrogen-bond donors (Lipinski definition) is 1. The standard InChI is InChI=1S/C22H18FN3O2S/c1-13-21(29-19(25-13)12-14-5-7-15(23)8-6-14)22(27)26-17-9-10-18(28-2)20-16(17)4-3-11-24-20/h3-11H,12H2,1-2H3,(H,26,27). The minimum Gasteiger partial charge on any atom is -0.494 e. The van der Waals surface area contributed by atoms with Crippen molar-refractivity contribution in [1.29, 1.82) is 0 Å². The highest BCUT2D eigenvalue weighted by Gasteiger charge is 2.17. The van der Waals surface area contributed by atoms with Gasteiger partial charge in [-0.15, -0.1) is 11.3 Å². The van der Waals surface area contributed by atoms with Crippen LogP contribution in [0.1, 0.15) is 25.9 Å². The molecule has 1 N–H and O–H groups in total. The predicted octanol–water partition coefficient (Wildman–Crippen LogP) is 4.99. The summed E-state index contributed by atoms with van der Waals surface area (Å²) in [6, 6.07) is 13.6. The fourth-order valence-corrected chi connectivity index (χ4v) is 4.11. The highest BCUT2D eigenvalue weighted by atomic mass is 32.1. The number of ether oxygens (including phenoxy) is 1. The highest BCUT2D eigenvalue weighted by molar-refractivity contribution is 7.14. The summed E-state index contributed by atoms with van der Waals surface area (Å²) in [7, 11) is 1.59. The molecule has 0 unspecified atom stereocenters. The van der Waals surface area contributed by atoms with Gasteiger partial charge in [0.2, 0.25) is 0 Å². The van der Waals surface area contributed by atoms with Gasteiger partial charge in [0, 0.05) is 18.0 Å². The lowest BCUT2D eigenvalue weighted by atomic mass is 10.1. The molecule has 2 aromatic carbocycles. The Balaban J connectivity index is 1.59. The Labute approximate surface area is 171 Å². The minimum atomic E-state index is -0.273. The highest BCUT2D eigenvalue weighted by Crippen LogP contribution is 2.30. The Kier molecular flexibility index (Phi) is 5.22. The monoisotopic (exact) mass is 407 g/mol. The molecule has 0 radical (unpaired) electrons. The average Bonchev–Trinajstić information content (AvgIpc) is 3.10. The Morgan fingerprint density at radius 2 is 1.97 bits per heavy atom. The number of amides is 1. The number of aromatic nitrogens is 2. The molecule has 4 rings (SSSR count). The predicted molar refractivity (Wildman–Crippen MR) is 112 cm³/mol. The number of carbonyl (C=O) groups excluding carboxylic acids is 1. The van der Waals surface area contributed by atoms with Gasteiger partial charge in [0.1, 0.15) is 22.0 Å². The zero-order valence-electron chi connectivity index (χ0n) is 15.9. The van der Waals surface area contributed by atoms with E-state index < -0.39 is 0 Å². The van der Waals surface area contributed by atoms with Gasteiger partial charge in [-0.05, 0) is 48.9 Å². The molecule has 0 spiro atoms. The van der Waals surface area contributed by atoms with Crippen molar-refractivity contribution < 1.29 is 13.9 Å². The van der Waals surface area contributed by atoms with E-state index in [0.29, 0.717) is 33.9 Å². The van der Waals surface area contributed by atoms with E-state index in [-0.39, 0.29) is 11.7 Å². The number of hydrogen-bond acceptors (Lipinski definition) is 5. The van der Waals surface area contributed by atoms with E-state index in [1.165, 1.54) is 23.5 Å². The summed E-state index contributed by atoms with van der Waals surface area (Å²) in [5.74, 6) is 0.153. The molecule has 2 aromatic heterocycles. The van der Waals surface area contributed by atoms with Gasteiger partial charge in [-0.1, -0.05) is 12.1 Å². The fraction of sp³-hybridized carbons (Fsp3) is 0.136. The molecule has 2 heterocycles. The molecule has 0 fully saturated rings. The summed E-state index contributed by atoms with van der Waals surface area (Å²) < 4.78 is 18.4. The lowest BCUT2D eigenvalue weighted by molar-refractivity contribution is 0.103. The van der Waals surface area contributed by atoms with E-state index in [9.17, 15) is 9.18 Å². The second-order valence-electron chi connectivity index (χ2n) is 6.49. The quantitative estimate of drug-likeness (QED) is 0.506. The molecule has 0 aliphatic rings. The number of anilines is 1. The zero-order chi connectivity index (χ0) is 20.4. The van der Waals surface area contributed by atoms with Gasteiger partial charge in [-0.2, -0.15) is 0 Å². The van der Waals surface area contributed by atoms with Gasteiger partial charge in [-0.25, -0.2) is 9.37 Å². The van der Waals surface area contributed by atoms with E-state index >= 15 is 0 Å². The SMILES string of the molecule is COc1ccc(NC(=O)c2sc(Cc3ccc(F)cc3)nc2C)c2cccnc12. The first-order valence-corrected chi connectivity index (χ1v) is 9.80. The van der Waals surface area contributed by atoms with E-state index in [1.54, 1.807) is 37.6 Å². The summed E-state index contributed by atoms with van der Waals surface area (Å²) in [4.78, 5) is 22.3. The van der Waals surface area contributed by atoms with Gasteiger partial charge in [0.25, 0.3) is 5.91 Å². The number of fused-ring (bicyclic) bond motifs is 1. The molecule has 7 heteroatoms. The Hall–Kier alpha value is -3.32. The van der Waals surface area contributed by atoms with Crippen molar-refractivity contribution in [3.05, 3.63) is 81.7 Å². The molecule has 4 aromatic rings. The van der Waals surface area contributed by atoms with Crippen molar-refractivity contribution in [3.63, 3.8) is 0 Å². The topological polar surface area (TPSA) is 64.1 Å². The van der Waals surface area contributed by atoms with Crippen LogP contribution in [0, 0.1) is 12.7 Å². The van der Waals surface area contributed by atoms with Crippen LogP contribution in [0.25, 0.3) is 10.9 Å². The number of aryl methyl sites for hydroxylation is 1. The number of thiazole rings is 1. The van der Waals surface area contributed by atoms with Crippen LogP contribution in [0.3, 0.4) is 0 Å². The largest absolute Gasteiger partial charge is 0.494 e. The third-order valence-corrected chi connectivity index (χ3v) is 5.67. The number of carbonyl (C=O) groups is 1. The maximum absolute atomic E-state index is 13.1. The second kappa shape index (κ2) is 7.97. The Bertz CT molecular complexity index is 1190. The van der Waals surface area contributed by atoms with E-state index in [1.807, 2.05) is 19.1 Å². The lowest BCUT2D eigenvalue weighted by Crippen LogP contribution is -2.12. The Morgan fingerprint density at radius 3 is 2.72 bits per heavy atom. The van der Waals surface area contributed by atoms with Crippen LogP contribution in [-0.4, -0.2) is 23.0 Å².